The van der Waals surface area contributed by atoms with Crippen molar-refractivity contribution in [1.29, 1.82) is 0 Å². The van der Waals surface area contributed by atoms with Crippen molar-refractivity contribution >= 4 is 5.52 Å². The molecule has 105 valence electrons. The van der Waals surface area contributed by atoms with Crippen molar-refractivity contribution in [3.8, 4) is 22.4 Å². The zero-order chi connectivity index (χ0) is 14.9. The van der Waals surface area contributed by atoms with E-state index in [1.54, 1.807) is 24.5 Å². The van der Waals surface area contributed by atoms with Crippen molar-refractivity contribution in [3.63, 3.8) is 0 Å². The third kappa shape index (κ3) is 2.05. The molecule has 22 heavy (non-hydrogen) atoms. The van der Waals surface area contributed by atoms with Crippen molar-refractivity contribution < 1.29 is 4.39 Å². The van der Waals surface area contributed by atoms with E-state index in [0.29, 0.717) is 0 Å². The van der Waals surface area contributed by atoms with Gasteiger partial charge in [0.25, 0.3) is 0 Å². The topological polar surface area (TPSA) is 30.2 Å². The molecule has 0 unspecified atom stereocenters. The largest absolute Gasteiger partial charge is 0.265 e. The van der Waals surface area contributed by atoms with Gasteiger partial charge in [-0.15, -0.1) is 0 Å². The molecule has 3 aromatic heterocycles. The smallest absolute Gasteiger partial charge is 0.123 e. The highest BCUT2D eigenvalue weighted by Gasteiger charge is 2.15. The SMILES string of the molecule is Fc1ccc(-c2nn3cc[c]cc3c2-c2ccncc2)cc1. The Morgan fingerprint density at radius 2 is 1.73 bits per heavy atom. The molecule has 4 aromatic rings. The Labute approximate surface area is 126 Å². The van der Waals surface area contributed by atoms with Gasteiger partial charge < -0.3 is 0 Å². The lowest BCUT2D eigenvalue weighted by Gasteiger charge is -2.03. The Morgan fingerprint density at radius 1 is 0.955 bits per heavy atom. The van der Waals surface area contributed by atoms with Gasteiger partial charge >= 0.3 is 0 Å². The van der Waals surface area contributed by atoms with Crippen LogP contribution in [0.2, 0.25) is 0 Å². The molecule has 1 aromatic carbocycles. The van der Waals surface area contributed by atoms with E-state index in [0.717, 1.165) is 27.9 Å². The molecule has 0 amide bonds. The molecule has 0 saturated carbocycles. The summed E-state index contributed by atoms with van der Waals surface area (Å²) in [5, 5.41) is 4.64. The Morgan fingerprint density at radius 3 is 2.50 bits per heavy atom. The molecule has 0 spiro atoms. The summed E-state index contributed by atoms with van der Waals surface area (Å²) < 4.78 is 15.0. The first-order valence-corrected chi connectivity index (χ1v) is 6.88. The molecular formula is C18H11FN3. The van der Waals surface area contributed by atoms with Crippen molar-refractivity contribution in [2.75, 3.05) is 0 Å². The van der Waals surface area contributed by atoms with E-state index in [1.165, 1.54) is 12.1 Å². The number of fused-ring (bicyclic) bond motifs is 1. The monoisotopic (exact) mass is 288 g/mol. The summed E-state index contributed by atoms with van der Waals surface area (Å²) in [5.41, 5.74) is 4.64. The van der Waals surface area contributed by atoms with Crippen LogP contribution in [0.1, 0.15) is 0 Å². The quantitative estimate of drug-likeness (QED) is 0.558. The van der Waals surface area contributed by atoms with Crippen LogP contribution in [0.25, 0.3) is 27.9 Å². The average molecular weight is 288 g/mol. The van der Waals surface area contributed by atoms with E-state index in [2.05, 4.69) is 16.1 Å². The second-order valence-electron chi connectivity index (χ2n) is 4.92. The molecule has 4 rings (SSSR count). The first-order chi connectivity index (χ1) is 10.8. The minimum Gasteiger partial charge on any atom is -0.265 e. The first-order valence-electron chi connectivity index (χ1n) is 6.88. The molecule has 3 nitrogen and oxygen atoms in total. The highest BCUT2D eigenvalue weighted by molar-refractivity contribution is 5.91. The predicted octanol–water partition coefficient (Wildman–Crippen LogP) is 4.00. The van der Waals surface area contributed by atoms with Crippen LogP contribution in [0.4, 0.5) is 4.39 Å². The van der Waals surface area contributed by atoms with Gasteiger partial charge in [-0.3, -0.25) is 4.98 Å². The summed E-state index contributed by atoms with van der Waals surface area (Å²) in [5.74, 6) is -0.258. The molecule has 1 radical (unpaired) electrons. The number of halogens is 1. The van der Waals surface area contributed by atoms with Crippen LogP contribution in [0, 0.1) is 11.9 Å². The van der Waals surface area contributed by atoms with Crippen molar-refractivity contribution in [1.82, 2.24) is 14.6 Å². The minimum absolute atomic E-state index is 0.258. The number of hydrogen-bond donors (Lipinski definition) is 0. The second-order valence-corrected chi connectivity index (χ2v) is 4.92. The third-order valence-electron chi connectivity index (χ3n) is 3.57. The number of benzene rings is 1. The molecule has 0 N–H and O–H groups in total. The van der Waals surface area contributed by atoms with Crippen LogP contribution in [0.3, 0.4) is 0 Å². The summed E-state index contributed by atoms with van der Waals surface area (Å²) in [7, 11) is 0. The highest BCUT2D eigenvalue weighted by atomic mass is 19.1. The Balaban J connectivity index is 2.04. The van der Waals surface area contributed by atoms with E-state index >= 15 is 0 Å². The molecule has 0 saturated heterocycles. The molecule has 0 atom stereocenters. The number of hydrogen-bond acceptors (Lipinski definition) is 2. The van der Waals surface area contributed by atoms with E-state index in [9.17, 15) is 4.39 Å². The molecule has 0 bridgehead atoms. The maximum atomic E-state index is 13.2. The van der Waals surface area contributed by atoms with E-state index in [1.807, 2.05) is 35.0 Å². The maximum absolute atomic E-state index is 13.2. The minimum atomic E-state index is -0.258. The van der Waals surface area contributed by atoms with Crippen molar-refractivity contribution in [2.24, 2.45) is 0 Å². The zero-order valence-electron chi connectivity index (χ0n) is 11.6. The number of pyridine rings is 2. The lowest BCUT2D eigenvalue weighted by Crippen LogP contribution is -1.85. The van der Waals surface area contributed by atoms with Gasteiger partial charge in [0.1, 0.15) is 11.5 Å². The van der Waals surface area contributed by atoms with Gasteiger partial charge in [-0.25, -0.2) is 8.91 Å². The number of rotatable bonds is 2. The molecule has 0 aliphatic carbocycles. The fraction of sp³-hybridized carbons (Fsp3) is 0. The van der Waals surface area contributed by atoms with Gasteiger partial charge in [0.2, 0.25) is 0 Å². The van der Waals surface area contributed by atoms with Gasteiger partial charge in [-0.1, -0.05) is 0 Å². The van der Waals surface area contributed by atoms with Gasteiger partial charge in [-0.05, 0) is 60.2 Å². The van der Waals surface area contributed by atoms with Crippen LogP contribution in [-0.4, -0.2) is 14.6 Å². The van der Waals surface area contributed by atoms with Crippen molar-refractivity contribution in [3.05, 3.63) is 79.0 Å². The molecular weight excluding hydrogens is 277 g/mol. The Kier molecular flexibility index (Phi) is 2.93. The molecule has 0 fully saturated rings. The van der Waals surface area contributed by atoms with Crippen LogP contribution in [-0.2, 0) is 0 Å². The zero-order valence-corrected chi connectivity index (χ0v) is 11.6. The van der Waals surface area contributed by atoms with Crippen LogP contribution < -0.4 is 0 Å². The molecule has 4 heteroatoms. The van der Waals surface area contributed by atoms with Gasteiger partial charge in [-0.2, -0.15) is 5.10 Å². The van der Waals surface area contributed by atoms with Gasteiger partial charge in [0.15, 0.2) is 0 Å². The van der Waals surface area contributed by atoms with E-state index in [4.69, 9.17) is 0 Å². The van der Waals surface area contributed by atoms with Gasteiger partial charge in [0, 0.05) is 29.7 Å². The summed E-state index contributed by atoms with van der Waals surface area (Å²) in [6.45, 7) is 0. The predicted molar refractivity (Wildman–Crippen MR) is 82.7 cm³/mol. The summed E-state index contributed by atoms with van der Waals surface area (Å²) >= 11 is 0. The van der Waals surface area contributed by atoms with Crippen molar-refractivity contribution in [2.45, 2.75) is 0 Å². The third-order valence-corrected chi connectivity index (χ3v) is 3.57. The average Bonchev–Trinajstić information content (AvgIpc) is 2.96. The normalized spacial score (nSPS) is 11.0. The fourth-order valence-electron chi connectivity index (χ4n) is 2.55. The lowest BCUT2D eigenvalue weighted by atomic mass is 10.0. The molecule has 0 aliphatic rings. The maximum Gasteiger partial charge on any atom is 0.123 e. The van der Waals surface area contributed by atoms with Crippen LogP contribution >= 0.6 is 0 Å². The summed E-state index contributed by atoms with van der Waals surface area (Å²) in [6, 6.07) is 17.1. The highest BCUT2D eigenvalue weighted by Crippen LogP contribution is 2.34. The van der Waals surface area contributed by atoms with Crippen LogP contribution in [0.15, 0.2) is 67.1 Å². The van der Waals surface area contributed by atoms with E-state index < -0.39 is 0 Å². The Bertz CT molecular complexity index is 928. The first kappa shape index (κ1) is 12.7. The summed E-state index contributed by atoms with van der Waals surface area (Å²) in [4.78, 5) is 4.06. The molecule has 3 heterocycles. The Hall–Kier alpha value is -3.01. The molecule has 0 aliphatic heterocycles. The standard InChI is InChI=1S/C18H11FN3/c19-15-6-4-14(5-7-15)18-17(13-8-10-20-11-9-13)16-3-1-2-12-22(16)21-18/h2-12H. The second kappa shape index (κ2) is 5.07. The fourth-order valence-corrected chi connectivity index (χ4v) is 2.55. The summed E-state index contributed by atoms with van der Waals surface area (Å²) in [6.07, 6.45) is 5.35. The van der Waals surface area contributed by atoms with E-state index in [-0.39, 0.29) is 5.82 Å². The van der Waals surface area contributed by atoms with Crippen LogP contribution in [0.5, 0.6) is 0 Å². The number of aromatic nitrogens is 3. The number of nitrogens with zero attached hydrogens (tertiary/aromatic N) is 3. The van der Waals surface area contributed by atoms with Gasteiger partial charge in [0.05, 0.1) is 5.52 Å². The lowest BCUT2D eigenvalue weighted by molar-refractivity contribution is 0.628.